The number of benzene rings is 1. The molecule has 5 heteroatoms. The lowest BCUT2D eigenvalue weighted by Crippen LogP contribution is -2.13. The van der Waals surface area contributed by atoms with Gasteiger partial charge in [-0.25, -0.2) is 14.4 Å². The molecule has 0 bridgehead atoms. The molecule has 2 rings (SSSR count). The van der Waals surface area contributed by atoms with Gasteiger partial charge in [-0.2, -0.15) is 0 Å². The average Bonchev–Trinajstić information content (AvgIpc) is 2.41. The van der Waals surface area contributed by atoms with Gasteiger partial charge in [-0.1, -0.05) is 0 Å². The van der Waals surface area contributed by atoms with Gasteiger partial charge < -0.3 is 5.32 Å². The molecule has 1 N–H and O–H groups in total. The van der Waals surface area contributed by atoms with Crippen LogP contribution in [0.3, 0.4) is 0 Å². The highest BCUT2D eigenvalue weighted by molar-refractivity contribution is 7.99. The number of aromatic nitrogens is 2. The van der Waals surface area contributed by atoms with Gasteiger partial charge in [0.25, 0.3) is 0 Å². The highest BCUT2D eigenvalue weighted by Crippen LogP contribution is 2.31. The van der Waals surface area contributed by atoms with E-state index in [1.54, 1.807) is 30.6 Å². The Hall–Kier alpha value is -1.46. The molecule has 1 unspecified atom stereocenters. The summed E-state index contributed by atoms with van der Waals surface area (Å²) in [6, 6.07) is 6.61. The molecule has 0 amide bonds. The number of nitrogens with one attached hydrogen (secondary N) is 1. The monoisotopic (exact) mass is 263 g/mol. The van der Waals surface area contributed by atoms with Gasteiger partial charge in [0.15, 0.2) is 5.16 Å². The maximum absolute atomic E-state index is 13.3. The third-order valence-electron chi connectivity index (χ3n) is 2.61. The van der Waals surface area contributed by atoms with Crippen LogP contribution in [0.4, 0.5) is 4.39 Å². The van der Waals surface area contributed by atoms with Crippen LogP contribution in [0, 0.1) is 5.82 Å². The zero-order valence-electron chi connectivity index (χ0n) is 10.2. The fourth-order valence-corrected chi connectivity index (χ4v) is 2.46. The standard InChI is InChI=1S/C13H14FN3S/c1-9(15-2)11-8-10(14)4-5-12(11)18-13-16-6-3-7-17-13/h3-9,15H,1-2H3. The second kappa shape index (κ2) is 5.93. The first-order valence-corrected chi connectivity index (χ1v) is 6.44. The first-order chi connectivity index (χ1) is 8.70. The molecule has 0 aliphatic rings. The topological polar surface area (TPSA) is 37.8 Å². The van der Waals surface area contributed by atoms with Crippen molar-refractivity contribution in [1.29, 1.82) is 0 Å². The Labute approximate surface area is 110 Å². The van der Waals surface area contributed by atoms with Crippen LogP contribution >= 0.6 is 11.8 Å². The number of rotatable bonds is 4. The Morgan fingerprint density at radius 3 is 2.67 bits per heavy atom. The van der Waals surface area contributed by atoms with Crippen LogP contribution in [0.25, 0.3) is 0 Å². The fourth-order valence-electron chi connectivity index (χ4n) is 1.54. The van der Waals surface area contributed by atoms with E-state index >= 15 is 0 Å². The molecule has 0 saturated heterocycles. The minimum absolute atomic E-state index is 0.0758. The Morgan fingerprint density at radius 2 is 2.00 bits per heavy atom. The third kappa shape index (κ3) is 3.05. The smallest absolute Gasteiger partial charge is 0.192 e. The quantitative estimate of drug-likeness (QED) is 0.860. The van der Waals surface area contributed by atoms with Crippen molar-refractivity contribution in [2.45, 2.75) is 23.0 Å². The molecule has 1 heterocycles. The van der Waals surface area contributed by atoms with Crippen LogP contribution in [0.5, 0.6) is 0 Å². The lowest BCUT2D eigenvalue weighted by atomic mass is 10.1. The predicted molar refractivity (Wildman–Crippen MR) is 70.0 cm³/mol. The summed E-state index contributed by atoms with van der Waals surface area (Å²) < 4.78 is 13.3. The summed E-state index contributed by atoms with van der Waals surface area (Å²) >= 11 is 1.44. The van der Waals surface area contributed by atoms with Crippen LogP contribution < -0.4 is 5.32 Å². The van der Waals surface area contributed by atoms with E-state index in [0.717, 1.165) is 10.5 Å². The SMILES string of the molecule is CNC(C)c1cc(F)ccc1Sc1ncccn1. The molecule has 1 aromatic carbocycles. The minimum Gasteiger partial charge on any atom is -0.313 e. The Balaban J connectivity index is 2.32. The summed E-state index contributed by atoms with van der Waals surface area (Å²) in [6.45, 7) is 1.99. The number of nitrogens with zero attached hydrogens (tertiary/aromatic N) is 2. The molecule has 0 aliphatic carbocycles. The maximum Gasteiger partial charge on any atom is 0.192 e. The van der Waals surface area contributed by atoms with Crippen molar-refractivity contribution in [3.05, 3.63) is 48.0 Å². The van der Waals surface area contributed by atoms with Gasteiger partial charge in [-0.15, -0.1) is 0 Å². The molecule has 2 aromatic rings. The molecule has 3 nitrogen and oxygen atoms in total. The molecular formula is C13H14FN3S. The minimum atomic E-state index is -0.231. The fraction of sp³-hybridized carbons (Fsp3) is 0.231. The van der Waals surface area contributed by atoms with E-state index in [1.165, 1.54) is 17.8 Å². The van der Waals surface area contributed by atoms with E-state index in [1.807, 2.05) is 14.0 Å². The summed E-state index contributed by atoms with van der Waals surface area (Å²) in [4.78, 5) is 9.28. The molecular weight excluding hydrogens is 249 g/mol. The molecule has 94 valence electrons. The second-order valence-electron chi connectivity index (χ2n) is 3.83. The molecule has 0 fully saturated rings. The highest BCUT2D eigenvalue weighted by atomic mass is 32.2. The molecule has 18 heavy (non-hydrogen) atoms. The highest BCUT2D eigenvalue weighted by Gasteiger charge is 2.12. The number of halogens is 1. The van der Waals surface area contributed by atoms with Crippen LogP contribution in [-0.4, -0.2) is 17.0 Å². The van der Waals surface area contributed by atoms with Crippen molar-refractivity contribution in [2.24, 2.45) is 0 Å². The van der Waals surface area contributed by atoms with Crippen LogP contribution in [-0.2, 0) is 0 Å². The number of hydrogen-bond donors (Lipinski definition) is 1. The first kappa shape index (κ1) is 13.0. The van der Waals surface area contributed by atoms with Crippen LogP contribution in [0.15, 0.2) is 46.7 Å². The van der Waals surface area contributed by atoms with Crippen molar-refractivity contribution in [1.82, 2.24) is 15.3 Å². The van der Waals surface area contributed by atoms with Crippen LogP contribution in [0.2, 0.25) is 0 Å². The van der Waals surface area contributed by atoms with Crippen molar-refractivity contribution < 1.29 is 4.39 Å². The first-order valence-electron chi connectivity index (χ1n) is 5.62. The van der Waals surface area contributed by atoms with Crippen LogP contribution in [0.1, 0.15) is 18.5 Å². The van der Waals surface area contributed by atoms with Gasteiger partial charge in [0.2, 0.25) is 0 Å². The predicted octanol–water partition coefficient (Wildman–Crippen LogP) is 3.05. The van der Waals surface area contributed by atoms with Crippen molar-refractivity contribution >= 4 is 11.8 Å². The van der Waals surface area contributed by atoms with Gasteiger partial charge in [-0.3, -0.25) is 0 Å². The maximum atomic E-state index is 13.3. The van der Waals surface area contributed by atoms with Gasteiger partial charge in [-0.05, 0) is 55.6 Å². The molecule has 0 radical (unpaired) electrons. The van der Waals surface area contributed by atoms with E-state index in [-0.39, 0.29) is 11.9 Å². The second-order valence-corrected chi connectivity index (χ2v) is 4.84. The van der Waals surface area contributed by atoms with E-state index in [9.17, 15) is 4.39 Å². The Kier molecular flexibility index (Phi) is 4.28. The zero-order chi connectivity index (χ0) is 13.0. The summed E-state index contributed by atoms with van der Waals surface area (Å²) in [6.07, 6.45) is 3.39. The number of hydrogen-bond acceptors (Lipinski definition) is 4. The van der Waals surface area contributed by atoms with E-state index in [0.29, 0.717) is 5.16 Å². The average molecular weight is 263 g/mol. The molecule has 1 atom stereocenters. The van der Waals surface area contributed by atoms with E-state index < -0.39 is 0 Å². The molecule has 0 spiro atoms. The van der Waals surface area contributed by atoms with Crippen molar-refractivity contribution in [2.75, 3.05) is 7.05 Å². The Bertz CT molecular complexity index is 519. The zero-order valence-corrected chi connectivity index (χ0v) is 11.0. The largest absolute Gasteiger partial charge is 0.313 e. The summed E-state index contributed by atoms with van der Waals surface area (Å²) in [5, 5.41) is 3.77. The van der Waals surface area contributed by atoms with Gasteiger partial charge in [0, 0.05) is 23.3 Å². The van der Waals surface area contributed by atoms with E-state index in [4.69, 9.17) is 0 Å². The molecule has 1 aromatic heterocycles. The summed E-state index contributed by atoms with van der Waals surface area (Å²) in [7, 11) is 1.85. The molecule has 0 saturated carbocycles. The van der Waals surface area contributed by atoms with Crippen molar-refractivity contribution in [3.63, 3.8) is 0 Å². The summed E-state index contributed by atoms with van der Waals surface area (Å²) in [5.41, 5.74) is 0.912. The molecule has 0 aliphatic heterocycles. The third-order valence-corrected chi connectivity index (χ3v) is 3.60. The van der Waals surface area contributed by atoms with Gasteiger partial charge in [0.05, 0.1) is 0 Å². The lowest BCUT2D eigenvalue weighted by Gasteiger charge is -2.15. The lowest BCUT2D eigenvalue weighted by molar-refractivity contribution is 0.601. The Morgan fingerprint density at radius 1 is 1.28 bits per heavy atom. The van der Waals surface area contributed by atoms with Crippen molar-refractivity contribution in [3.8, 4) is 0 Å². The van der Waals surface area contributed by atoms with Gasteiger partial charge >= 0.3 is 0 Å². The normalized spacial score (nSPS) is 12.4. The van der Waals surface area contributed by atoms with Gasteiger partial charge in [0.1, 0.15) is 5.82 Å². The summed E-state index contributed by atoms with van der Waals surface area (Å²) in [5.74, 6) is -0.231. The van der Waals surface area contributed by atoms with E-state index in [2.05, 4.69) is 15.3 Å².